The number of aliphatic hydroxyl groups is 1. The van der Waals surface area contributed by atoms with E-state index in [2.05, 4.69) is 0 Å². The normalized spacial score (nSPS) is 17.6. The molecule has 0 saturated carbocycles. The van der Waals surface area contributed by atoms with Crippen LogP contribution in [0.1, 0.15) is 19.3 Å². The Labute approximate surface area is 82.6 Å². The number of ether oxygens (including phenoxy) is 1. The van der Waals surface area contributed by atoms with Crippen molar-refractivity contribution < 1.29 is 19.4 Å². The van der Waals surface area contributed by atoms with Gasteiger partial charge in [0.2, 0.25) is 11.8 Å². The minimum absolute atomic E-state index is 0.0398. The summed E-state index contributed by atoms with van der Waals surface area (Å²) in [5.41, 5.74) is 0. The summed E-state index contributed by atoms with van der Waals surface area (Å²) in [6.07, 6.45) is 1.56. The molecule has 1 fully saturated rings. The van der Waals surface area contributed by atoms with Gasteiger partial charge in [-0.2, -0.15) is 0 Å². The largest absolute Gasteiger partial charge is 0.394 e. The zero-order valence-electron chi connectivity index (χ0n) is 8.07. The Morgan fingerprint density at radius 2 is 1.86 bits per heavy atom. The minimum Gasteiger partial charge on any atom is -0.394 e. The molecular weight excluding hydrogens is 186 g/mol. The van der Waals surface area contributed by atoms with Crippen LogP contribution in [-0.4, -0.2) is 48.2 Å². The molecular formula is C9H15NO4. The molecule has 80 valence electrons. The zero-order valence-corrected chi connectivity index (χ0v) is 8.07. The number of hydrogen-bond acceptors (Lipinski definition) is 4. The lowest BCUT2D eigenvalue weighted by Gasteiger charge is -2.24. The van der Waals surface area contributed by atoms with Crippen molar-refractivity contribution in [1.82, 2.24) is 4.90 Å². The first-order valence-corrected chi connectivity index (χ1v) is 4.77. The van der Waals surface area contributed by atoms with Gasteiger partial charge >= 0.3 is 0 Å². The van der Waals surface area contributed by atoms with Crippen molar-refractivity contribution >= 4 is 11.8 Å². The fourth-order valence-corrected chi connectivity index (χ4v) is 1.37. The second kappa shape index (κ2) is 5.72. The van der Waals surface area contributed by atoms with Crippen LogP contribution in [-0.2, 0) is 14.3 Å². The molecule has 0 aromatic carbocycles. The first-order chi connectivity index (χ1) is 6.75. The number of likely N-dealkylation sites (tertiary alicyclic amines) is 1. The van der Waals surface area contributed by atoms with E-state index in [-0.39, 0.29) is 25.0 Å². The van der Waals surface area contributed by atoms with E-state index < -0.39 is 0 Å². The van der Waals surface area contributed by atoms with Crippen molar-refractivity contribution in [3.63, 3.8) is 0 Å². The quantitative estimate of drug-likeness (QED) is 0.482. The van der Waals surface area contributed by atoms with E-state index in [1.165, 1.54) is 4.90 Å². The molecule has 1 aliphatic heterocycles. The average molecular weight is 201 g/mol. The Bertz CT molecular complexity index is 201. The minimum atomic E-state index is -0.117. The fraction of sp³-hybridized carbons (Fsp3) is 0.778. The molecule has 2 amide bonds. The number of carbonyl (C=O) groups excluding carboxylic acids is 2. The Kier molecular flexibility index (Phi) is 4.55. The number of piperidine rings is 1. The maximum Gasteiger partial charge on any atom is 0.229 e. The van der Waals surface area contributed by atoms with Crippen LogP contribution in [0, 0.1) is 0 Å². The fourth-order valence-electron chi connectivity index (χ4n) is 1.37. The summed E-state index contributed by atoms with van der Waals surface area (Å²) >= 11 is 0. The monoisotopic (exact) mass is 201 g/mol. The van der Waals surface area contributed by atoms with Crippen molar-refractivity contribution in [3.05, 3.63) is 0 Å². The molecule has 14 heavy (non-hydrogen) atoms. The summed E-state index contributed by atoms with van der Waals surface area (Å²) in [4.78, 5) is 23.8. The summed E-state index contributed by atoms with van der Waals surface area (Å²) < 4.78 is 4.99. The number of nitrogens with zero attached hydrogens (tertiary/aromatic N) is 1. The molecule has 0 aliphatic carbocycles. The van der Waals surface area contributed by atoms with Crippen molar-refractivity contribution in [2.75, 3.05) is 26.4 Å². The molecule has 0 aromatic rings. The maximum absolute atomic E-state index is 11.3. The first kappa shape index (κ1) is 11.1. The van der Waals surface area contributed by atoms with Crippen LogP contribution in [0.4, 0.5) is 0 Å². The van der Waals surface area contributed by atoms with Crippen LogP contribution in [0.2, 0.25) is 0 Å². The lowest BCUT2D eigenvalue weighted by atomic mass is 10.1. The van der Waals surface area contributed by atoms with Crippen LogP contribution in [0.25, 0.3) is 0 Å². The Balaban J connectivity index is 2.26. The second-order valence-corrected chi connectivity index (χ2v) is 3.13. The maximum atomic E-state index is 11.3. The third-order valence-electron chi connectivity index (χ3n) is 2.08. The number of rotatable bonds is 5. The number of amides is 2. The number of aliphatic hydroxyl groups excluding tert-OH is 1. The van der Waals surface area contributed by atoms with Crippen LogP contribution < -0.4 is 0 Å². The molecule has 5 heteroatoms. The third kappa shape index (κ3) is 3.08. The SMILES string of the molecule is O=C1CCCC(=O)N1CCOCCO. The number of imide groups is 1. The summed E-state index contributed by atoms with van der Waals surface area (Å²) in [6.45, 7) is 0.813. The van der Waals surface area contributed by atoms with E-state index in [9.17, 15) is 9.59 Å². The van der Waals surface area contributed by atoms with E-state index in [1.807, 2.05) is 0 Å². The van der Waals surface area contributed by atoms with Gasteiger partial charge in [-0.25, -0.2) is 0 Å². The summed E-state index contributed by atoms with van der Waals surface area (Å²) in [5, 5.41) is 8.43. The van der Waals surface area contributed by atoms with Gasteiger partial charge in [-0.05, 0) is 6.42 Å². The molecule has 5 nitrogen and oxygen atoms in total. The summed E-state index contributed by atoms with van der Waals surface area (Å²) in [7, 11) is 0. The van der Waals surface area contributed by atoms with E-state index in [0.29, 0.717) is 32.4 Å². The van der Waals surface area contributed by atoms with Gasteiger partial charge in [0.15, 0.2) is 0 Å². The molecule has 0 atom stereocenters. The molecule has 0 unspecified atom stereocenters. The van der Waals surface area contributed by atoms with Gasteiger partial charge in [0.1, 0.15) is 0 Å². The van der Waals surface area contributed by atoms with E-state index in [0.717, 1.165) is 0 Å². The lowest BCUT2D eigenvalue weighted by Crippen LogP contribution is -2.42. The van der Waals surface area contributed by atoms with Crippen LogP contribution >= 0.6 is 0 Å². The van der Waals surface area contributed by atoms with Crippen molar-refractivity contribution in [3.8, 4) is 0 Å². The van der Waals surface area contributed by atoms with Crippen LogP contribution in [0.3, 0.4) is 0 Å². The molecule has 1 heterocycles. The van der Waals surface area contributed by atoms with E-state index in [1.54, 1.807) is 0 Å². The average Bonchev–Trinajstić information content (AvgIpc) is 2.16. The smallest absolute Gasteiger partial charge is 0.229 e. The van der Waals surface area contributed by atoms with Crippen molar-refractivity contribution in [1.29, 1.82) is 0 Å². The summed E-state index contributed by atoms with van der Waals surface area (Å²) in [5.74, 6) is -0.234. The predicted octanol–water partition coefficient (Wildman–Crippen LogP) is -0.466. The highest BCUT2D eigenvalue weighted by molar-refractivity contribution is 5.97. The lowest BCUT2D eigenvalue weighted by molar-refractivity contribution is -0.148. The first-order valence-electron chi connectivity index (χ1n) is 4.77. The summed E-state index contributed by atoms with van der Waals surface area (Å²) in [6, 6.07) is 0. The van der Waals surface area contributed by atoms with Gasteiger partial charge in [-0.1, -0.05) is 0 Å². The molecule has 0 bridgehead atoms. The van der Waals surface area contributed by atoms with Gasteiger partial charge < -0.3 is 9.84 Å². The van der Waals surface area contributed by atoms with Gasteiger partial charge in [0, 0.05) is 12.8 Å². The molecule has 1 N–H and O–H groups in total. The molecule has 0 spiro atoms. The Hall–Kier alpha value is -0.940. The zero-order chi connectivity index (χ0) is 10.4. The highest BCUT2D eigenvalue weighted by atomic mass is 16.5. The van der Waals surface area contributed by atoms with Crippen molar-refractivity contribution in [2.45, 2.75) is 19.3 Å². The molecule has 1 rings (SSSR count). The van der Waals surface area contributed by atoms with Gasteiger partial charge in [0.05, 0.1) is 26.4 Å². The van der Waals surface area contributed by atoms with Gasteiger partial charge in [-0.3, -0.25) is 14.5 Å². The highest BCUT2D eigenvalue weighted by Gasteiger charge is 2.24. The Morgan fingerprint density at radius 3 is 2.43 bits per heavy atom. The molecule has 0 radical (unpaired) electrons. The third-order valence-corrected chi connectivity index (χ3v) is 2.08. The molecule has 0 aromatic heterocycles. The topological polar surface area (TPSA) is 66.8 Å². The van der Waals surface area contributed by atoms with Crippen molar-refractivity contribution in [2.24, 2.45) is 0 Å². The van der Waals surface area contributed by atoms with E-state index in [4.69, 9.17) is 9.84 Å². The predicted molar refractivity (Wildman–Crippen MR) is 48.5 cm³/mol. The second-order valence-electron chi connectivity index (χ2n) is 3.13. The van der Waals surface area contributed by atoms with Gasteiger partial charge in [-0.15, -0.1) is 0 Å². The van der Waals surface area contributed by atoms with E-state index >= 15 is 0 Å². The van der Waals surface area contributed by atoms with Crippen LogP contribution in [0.5, 0.6) is 0 Å². The van der Waals surface area contributed by atoms with Crippen LogP contribution in [0.15, 0.2) is 0 Å². The standard InChI is InChI=1S/C9H15NO4/c11-5-7-14-6-4-10-8(12)2-1-3-9(10)13/h11H,1-7H2. The molecule has 1 saturated heterocycles. The highest BCUT2D eigenvalue weighted by Crippen LogP contribution is 2.11. The van der Waals surface area contributed by atoms with Gasteiger partial charge in [0.25, 0.3) is 0 Å². The molecule has 1 aliphatic rings. The number of carbonyl (C=O) groups is 2. The Morgan fingerprint density at radius 1 is 1.21 bits per heavy atom. The number of hydrogen-bond donors (Lipinski definition) is 1.